The monoisotopic (exact) mass is 160 g/mol. The molecule has 0 radical (unpaired) electrons. The molecule has 0 aromatic heterocycles. The van der Waals surface area contributed by atoms with Gasteiger partial charge >= 0.3 is 0 Å². The Morgan fingerprint density at radius 1 is 1.44 bits per heavy atom. The van der Waals surface area contributed by atoms with Crippen LogP contribution in [0.3, 0.4) is 0 Å². The van der Waals surface area contributed by atoms with Crippen LogP contribution >= 0.6 is 23.2 Å². The maximum atomic E-state index is 5.48. The van der Waals surface area contributed by atoms with Crippen LogP contribution in [0.5, 0.6) is 0 Å². The molecule has 1 unspecified atom stereocenters. The molecule has 2 heteroatoms. The average Bonchev–Trinajstić information content (AvgIpc) is 1.80. The molecule has 0 spiro atoms. The quantitative estimate of drug-likeness (QED) is 0.375. The second-order valence-electron chi connectivity index (χ2n) is 1.32. The third-order valence-corrected chi connectivity index (χ3v) is 0.732. The van der Waals surface area contributed by atoms with Crippen molar-refractivity contribution in [3.63, 3.8) is 0 Å². The largest absolute Gasteiger partial charge is 0.113 e. The van der Waals surface area contributed by atoms with E-state index in [1.807, 2.05) is 0 Å². The molecule has 0 rings (SSSR count). The summed E-state index contributed by atoms with van der Waals surface area (Å²) in [6, 6.07) is 0. The van der Waals surface area contributed by atoms with E-state index >= 15 is 0 Å². The average molecular weight is 161 g/mol. The Bertz CT molecular complexity index is 173. The Labute approximate surface area is 65.5 Å². The molecule has 1 atom stereocenters. The van der Waals surface area contributed by atoms with Crippen molar-refractivity contribution in [2.45, 2.75) is 12.3 Å². The first-order valence-corrected chi connectivity index (χ1v) is 3.43. The molecule has 0 aliphatic rings. The fraction of sp³-hybridized carbons (Fsp3) is 0.429. The molecule has 0 fully saturated rings. The van der Waals surface area contributed by atoms with Crippen LogP contribution in [0.1, 0.15) is 6.92 Å². The second kappa shape index (κ2) is 5.83. The van der Waals surface area contributed by atoms with Crippen molar-refractivity contribution in [1.29, 1.82) is 0 Å². The van der Waals surface area contributed by atoms with Crippen LogP contribution in [0.2, 0.25) is 0 Å². The minimum atomic E-state index is -0.130. The van der Waals surface area contributed by atoms with E-state index in [1.165, 1.54) is 0 Å². The Morgan fingerprint density at radius 2 is 2.11 bits per heavy atom. The van der Waals surface area contributed by atoms with Gasteiger partial charge in [-0.2, -0.15) is 0 Å². The summed E-state index contributed by atoms with van der Waals surface area (Å²) in [6.45, 7) is 1.79. The van der Waals surface area contributed by atoms with Crippen molar-refractivity contribution in [3.05, 3.63) is 0 Å². The Kier molecular flexibility index (Phi) is 5.64. The van der Waals surface area contributed by atoms with Crippen molar-refractivity contribution < 1.29 is 0 Å². The zero-order chi connectivity index (χ0) is 7.11. The van der Waals surface area contributed by atoms with E-state index in [0.29, 0.717) is 5.88 Å². The molecule has 0 saturated carbocycles. The summed E-state index contributed by atoms with van der Waals surface area (Å²) in [7, 11) is 0. The molecular formula is C7H6Cl2. The molecule has 9 heavy (non-hydrogen) atoms. The highest BCUT2D eigenvalue weighted by molar-refractivity contribution is 6.22. The lowest BCUT2D eigenvalue weighted by Crippen LogP contribution is -1.79. The maximum absolute atomic E-state index is 5.48. The van der Waals surface area contributed by atoms with E-state index < -0.39 is 0 Å². The van der Waals surface area contributed by atoms with Crippen LogP contribution in [0, 0.1) is 23.7 Å². The lowest BCUT2D eigenvalue weighted by atomic mass is 10.4. The highest BCUT2D eigenvalue weighted by atomic mass is 35.5. The van der Waals surface area contributed by atoms with Gasteiger partial charge in [0.2, 0.25) is 0 Å². The first kappa shape index (κ1) is 8.70. The Morgan fingerprint density at radius 3 is 2.56 bits per heavy atom. The summed E-state index contributed by atoms with van der Waals surface area (Å²) >= 11 is 10.7. The van der Waals surface area contributed by atoms with Gasteiger partial charge in [-0.05, 0) is 18.8 Å². The molecule has 0 saturated heterocycles. The number of hydrogen-bond donors (Lipinski definition) is 0. The molecule has 0 aliphatic heterocycles. The van der Waals surface area contributed by atoms with E-state index in [4.69, 9.17) is 23.2 Å². The van der Waals surface area contributed by atoms with Gasteiger partial charge in [0.1, 0.15) is 0 Å². The summed E-state index contributed by atoms with van der Waals surface area (Å²) in [5.41, 5.74) is 0. The third kappa shape index (κ3) is 7.70. The smallest absolute Gasteiger partial charge is 0.0925 e. The highest BCUT2D eigenvalue weighted by Gasteiger charge is 1.80. The first-order valence-electron chi connectivity index (χ1n) is 2.46. The first-order chi connectivity index (χ1) is 4.27. The number of rotatable bonds is 0. The summed E-state index contributed by atoms with van der Waals surface area (Å²) in [5, 5.41) is -0.130. The highest BCUT2D eigenvalue weighted by Crippen LogP contribution is 1.86. The molecule has 0 amide bonds. The van der Waals surface area contributed by atoms with Crippen molar-refractivity contribution in [2.24, 2.45) is 0 Å². The number of hydrogen-bond acceptors (Lipinski definition) is 0. The molecule has 0 nitrogen and oxygen atoms in total. The van der Waals surface area contributed by atoms with E-state index in [2.05, 4.69) is 23.7 Å². The molecule has 0 aromatic rings. The maximum Gasteiger partial charge on any atom is 0.0925 e. The van der Waals surface area contributed by atoms with Crippen molar-refractivity contribution in [2.75, 3.05) is 5.88 Å². The van der Waals surface area contributed by atoms with Crippen LogP contribution < -0.4 is 0 Å². The zero-order valence-electron chi connectivity index (χ0n) is 5.04. The number of alkyl halides is 2. The molecule has 0 aromatic carbocycles. The minimum absolute atomic E-state index is 0.130. The summed E-state index contributed by atoms with van der Waals surface area (Å²) < 4.78 is 0. The van der Waals surface area contributed by atoms with Crippen LogP contribution in [-0.4, -0.2) is 11.3 Å². The van der Waals surface area contributed by atoms with Gasteiger partial charge < -0.3 is 0 Å². The van der Waals surface area contributed by atoms with Crippen LogP contribution in [0.4, 0.5) is 0 Å². The van der Waals surface area contributed by atoms with Gasteiger partial charge in [-0.1, -0.05) is 11.8 Å². The van der Waals surface area contributed by atoms with E-state index in [1.54, 1.807) is 6.92 Å². The minimum Gasteiger partial charge on any atom is -0.113 e. The lowest BCUT2D eigenvalue weighted by Gasteiger charge is -1.79. The fourth-order valence-electron chi connectivity index (χ4n) is 0.213. The number of halogens is 2. The van der Waals surface area contributed by atoms with Gasteiger partial charge in [-0.15, -0.1) is 23.2 Å². The van der Waals surface area contributed by atoms with Crippen LogP contribution in [0.15, 0.2) is 0 Å². The Hall–Kier alpha value is -0.300. The topological polar surface area (TPSA) is 0 Å². The van der Waals surface area contributed by atoms with E-state index in [0.717, 1.165) is 0 Å². The lowest BCUT2D eigenvalue weighted by molar-refractivity contribution is 1.28. The van der Waals surface area contributed by atoms with Gasteiger partial charge in [-0.3, -0.25) is 0 Å². The standard InChI is InChI=1S/C7H6Cl2/c1-7(9)5-3-2-4-6-8/h7H,6H2,1H3. The zero-order valence-corrected chi connectivity index (χ0v) is 6.55. The van der Waals surface area contributed by atoms with Crippen molar-refractivity contribution >= 4 is 23.2 Å². The molecule has 0 heterocycles. The normalized spacial score (nSPS) is 10.1. The summed E-state index contributed by atoms with van der Waals surface area (Å²) in [5.74, 6) is 10.7. The van der Waals surface area contributed by atoms with E-state index in [-0.39, 0.29) is 5.38 Å². The predicted molar refractivity (Wildman–Crippen MR) is 41.6 cm³/mol. The van der Waals surface area contributed by atoms with Crippen LogP contribution in [0.25, 0.3) is 0 Å². The van der Waals surface area contributed by atoms with Gasteiger partial charge in [0, 0.05) is 0 Å². The van der Waals surface area contributed by atoms with Gasteiger partial charge in [0.05, 0.1) is 11.3 Å². The fourth-order valence-corrected chi connectivity index (χ4v) is 0.335. The van der Waals surface area contributed by atoms with Gasteiger partial charge in [0.15, 0.2) is 0 Å². The SMILES string of the molecule is CC(Cl)C#CC#CCCl. The second-order valence-corrected chi connectivity index (χ2v) is 2.24. The molecule has 0 bridgehead atoms. The van der Waals surface area contributed by atoms with Crippen molar-refractivity contribution in [3.8, 4) is 23.7 Å². The summed E-state index contributed by atoms with van der Waals surface area (Å²) in [4.78, 5) is 0. The van der Waals surface area contributed by atoms with E-state index in [9.17, 15) is 0 Å². The van der Waals surface area contributed by atoms with Crippen molar-refractivity contribution in [1.82, 2.24) is 0 Å². The van der Waals surface area contributed by atoms with Gasteiger partial charge in [-0.25, -0.2) is 0 Å². The molecular weight excluding hydrogens is 155 g/mol. The van der Waals surface area contributed by atoms with Gasteiger partial charge in [0.25, 0.3) is 0 Å². The Balaban J connectivity index is 3.61. The molecule has 48 valence electrons. The third-order valence-electron chi connectivity index (χ3n) is 0.489. The van der Waals surface area contributed by atoms with Crippen LogP contribution in [-0.2, 0) is 0 Å². The summed E-state index contributed by atoms with van der Waals surface area (Å²) in [6.07, 6.45) is 0. The molecule has 0 aliphatic carbocycles. The molecule has 0 N–H and O–H groups in total. The predicted octanol–water partition coefficient (Wildman–Crippen LogP) is 1.86.